The number of methoxy groups -OCH3 is 1. The number of carboxylic acids is 3. The van der Waals surface area contributed by atoms with Crippen molar-refractivity contribution >= 4 is 62.7 Å². The van der Waals surface area contributed by atoms with E-state index in [0.717, 1.165) is 38.9 Å². The lowest BCUT2D eigenvalue weighted by atomic mass is 9.68. The van der Waals surface area contributed by atoms with Crippen LogP contribution in [0.15, 0.2) is 54.1 Å². The van der Waals surface area contributed by atoms with Crippen LogP contribution in [-0.4, -0.2) is 66.2 Å². The third kappa shape index (κ3) is 5.86. The second-order valence-electron chi connectivity index (χ2n) is 13.1. The van der Waals surface area contributed by atoms with Crippen LogP contribution in [0, 0.1) is 13.8 Å². The summed E-state index contributed by atoms with van der Waals surface area (Å²) in [5, 5.41) is 30.2. The summed E-state index contributed by atoms with van der Waals surface area (Å²) in [6.45, 7) is 11.4. The van der Waals surface area contributed by atoms with Gasteiger partial charge in [0.25, 0.3) is 0 Å². The molecule has 3 aromatic heterocycles. The Balaban J connectivity index is 1.79. The Bertz CT molecular complexity index is 2350. The highest BCUT2D eigenvalue weighted by molar-refractivity contribution is 6.06. The Hall–Kier alpha value is -6.04. The van der Waals surface area contributed by atoms with Gasteiger partial charge in [-0.05, 0) is 105 Å². The lowest BCUT2D eigenvalue weighted by molar-refractivity contribution is -0.140. The summed E-state index contributed by atoms with van der Waals surface area (Å²) in [7, 11) is 1.32. The maximum atomic E-state index is 12.9. The van der Waals surface area contributed by atoms with Crippen molar-refractivity contribution in [3.63, 3.8) is 0 Å². The molecule has 5 heterocycles. The first-order valence-electron chi connectivity index (χ1n) is 16.5. The van der Waals surface area contributed by atoms with Crippen molar-refractivity contribution in [2.75, 3.05) is 7.11 Å². The zero-order chi connectivity index (χ0) is 36.9. The first kappa shape index (κ1) is 34.8. The zero-order valence-electron chi connectivity index (χ0n) is 29.0. The number of hydrogen-bond acceptors (Lipinski definition) is 7. The number of aromatic nitrogens is 4. The van der Waals surface area contributed by atoms with Crippen molar-refractivity contribution in [3.05, 3.63) is 99.2 Å². The molecule has 0 aromatic carbocycles. The number of hydrogen-bond donors (Lipinski definition) is 5. The summed E-state index contributed by atoms with van der Waals surface area (Å²) in [6, 6.07) is 7.30. The number of nitrogens with zero attached hydrogens (tertiary/aromatic N) is 2. The number of allylic oxidation sites excluding steroid dienone is 5. The molecule has 0 saturated carbocycles. The van der Waals surface area contributed by atoms with Gasteiger partial charge in [-0.2, -0.15) is 0 Å². The summed E-state index contributed by atoms with van der Waals surface area (Å²) < 4.78 is 4.92. The molecule has 0 radical (unpaired) electrons. The van der Waals surface area contributed by atoms with Gasteiger partial charge in [0.15, 0.2) is 0 Å². The highest BCUT2D eigenvalue weighted by Crippen LogP contribution is 2.51. The number of carbonyl (C=O) groups is 4. The number of esters is 1. The predicted molar refractivity (Wildman–Crippen MR) is 192 cm³/mol. The summed E-state index contributed by atoms with van der Waals surface area (Å²) >= 11 is 0. The molecule has 12 heteroatoms. The number of nitrogens with one attached hydrogen (secondary N) is 2. The minimum atomic E-state index is -1.43. The Morgan fingerprint density at radius 2 is 1.47 bits per heavy atom. The number of aryl methyl sites for hydroxylation is 4. The van der Waals surface area contributed by atoms with E-state index in [4.69, 9.17) is 14.7 Å². The number of carboxylic acid groups (broad SMARTS) is 3. The monoisotopic (exact) mass is 690 g/mol. The Morgan fingerprint density at radius 1 is 0.843 bits per heavy atom. The van der Waals surface area contributed by atoms with Crippen LogP contribution in [-0.2, 0) is 42.2 Å². The molecule has 262 valence electrons. The standard InChI is InChI=1S/C39H38N4O8/c1-7-21-18(2)27-15-32-25-11-8-24(37(47)48)36(38(49)50)39(25,5)33(43-32)17-28-20(4)23(10-13-35(46)51-6)31(42-28)16-30-22(9-12-34(44)45)19(3)26(41-30)14-29(21)40-27/h7,11,14-17,41-42H,1,8-10,12-13H2,2-6H3,(H,44,45)(H,47,48)(H,49,50)/t39-/m0/s1. The normalized spacial score (nSPS) is 16.8. The van der Waals surface area contributed by atoms with Crippen LogP contribution in [0.2, 0.25) is 0 Å². The zero-order valence-corrected chi connectivity index (χ0v) is 29.0. The van der Waals surface area contributed by atoms with E-state index < -0.39 is 29.3 Å². The van der Waals surface area contributed by atoms with E-state index in [9.17, 15) is 34.5 Å². The van der Waals surface area contributed by atoms with Crippen molar-refractivity contribution in [2.45, 2.75) is 65.2 Å². The van der Waals surface area contributed by atoms with E-state index in [-0.39, 0.29) is 36.8 Å². The third-order valence-electron chi connectivity index (χ3n) is 10.3. The molecule has 5 N–H and O–H groups in total. The first-order chi connectivity index (χ1) is 24.2. The van der Waals surface area contributed by atoms with Gasteiger partial charge >= 0.3 is 23.9 Å². The third-order valence-corrected chi connectivity index (χ3v) is 10.3. The molecule has 0 saturated heterocycles. The first-order valence-corrected chi connectivity index (χ1v) is 16.5. The fourth-order valence-corrected chi connectivity index (χ4v) is 7.46. The number of fused-ring (bicyclic) bond motifs is 11. The van der Waals surface area contributed by atoms with Gasteiger partial charge < -0.3 is 30.0 Å². The Kier molecular flexibility index (Phi) is 8.88. The number of rotatable bonds is 9. The molecule has 0 fully saturated rings. The lowest BCUT2D eigenvalue weighted by Crippen LogP contribution is -2.33. The predicted octanol–water partition coefficient (Wildman–Crippen LogP) is 6.38. The maximum absolute atomic E-state index is 12.9. The van der Waals surface area contributed by atoms with Crippen LogP contribution >= 0.6 is 0 Å². The van der Waals surface area contributed by atoms with Crippen LogP contribution in [0.25, 0.3) is 38.8 Å². The molecule has 1 aliphatic carbocycles. The molecule has 1 atom stereocenters. The second kappa shape index (κ2) is 13.0. The van der Waals surface area contributed by atoms with Gasteiger partial charge in [0.1, 0.15) is 0 Å². The average Bonchev–Trinajstić information content (AvgIpc) is 3.73. The van der Waals surface area contributed by atoms with Crippen LogP contribution in [0.3, 0.4) is 0 Å². The molecule has 0 unspecified atom stereocenters. The van der Waals surface area contributed by atoms with E-state index in [0.29, 0.717) is 51.3 Å². The van der Waals surface area contributed by atoms with Crippen LogP contribution in [0.1, 0.15) is 78.1 Å². The van der Waals surface area contributed by atoms with Gasteiger partial charge in [-0.15, -0.1) is 0 Å². The SMILES string of the molecule is C=CC1=C(C)c2cc3nc(cc4[nH]c(cc5[nH]c(cc1n2)c(C)c5CCC(=O)O)c(CCC(=O)OC)c4C)[C@]1(C)C3=CCC(C(=O)O)=C1C(=O)O. The topological polar surface area (TPSA) is 196 Å². The molecule has 0 amide bonds. The molecular formula is C39H38N4O8. The second-order valence-corrected chi connectivity index (χ2v) is 13.1. The molecule has 3 aromatic rings. The fourth-order valence-electron chi connectivity index (χ4n) is 7.46. The van der Waals surface area contributed by atoms with Crippen molar-refractivity contribution in [1.29, 1.82) is 0 Å². The maximum Gasteiger partial charge on any atom is 0.333 e. The smallest absolute Gasteiger partial charge is 0.333 e. The molecule has 2 aliphatic heterocycles. The molecule has 8 bridgehead atoms. The van der Waals surface area contributed by atoms with Crippen molar-refractivity contribution < 1.29 is 39.2 Å². The summed E-state index contributed by atoms with van der Waals surface area (Å²) in [5.41, 5.74) is 8.09. The molecule has 12 nitrogen and oxygen atoms in total. The summed E-state index contributed by atoms with van der Waals surface area (Å²) in [5.74, 6) is -4.00. The minimum absolute atomic E-state index is 0.0882. The van der Waals surface area contributed by atoms with E-state index >= 15 is 0 Å². The van der Waals surface area contributed by atoms with Crippen molar-refractivity contribution in [1.82, 2.24) is 19.9 Å². The van der Waals surface area contributed by atoms with E-state index in [1.54, 1.807) is 31.2 Å². The molecule has 6 rings (SSSR count). The summed E-state index contributed by atoms with van der Waals surface area (Å²) in [4.78, 5) is 66.1. The molecule has 0 spiro atoms. The van der Waals surface area contributed by atoms with Gasteiger partial charge in [0.2, 0.25) is 0 Å². The largest absolute Gasteiger partial charge is 0.481 e. The van der Waals surface area contributed by atoms with Crippen molar-refractivity contribution in [2.24, 2.45) is 0 Å². The number of carbonyl (C=O) groups excluding carboxylic acids is 1. The number of H-pyrrole nitrogens is 2. The van der Waals surface area contributed by atoms with Crippen molar-refractivity contribution in [3.8, 4) is 0 Å². The quantitative estimate of drug-likeness (QED) is 0.157. The van der Waals surface area contributed by atoms with Crippen LogP contribution in [0.5, 0.6) is 0 Å². The number of aromatic amines is 2. The number of aliphatic carboxylic acids is 3. The van der Waals surface area contributed by atoms with Gasteiger partial charge in [-0.3, -0.25) is 14.6 Å². The van der Waals surface area contributed by atoms with E-state index in [2.05, 4.69) is 16.5 Å². The lowest BCUT2D eigenvalue weighted by Gasteiger charge is -2.31. The molecular weight excluding hydrogens is 652 g/mol. The minimum Gasteiger partial charge on any atom is -0.481 e. The van der Waals surface area contributed by atoms with Crippen LogP contribution < -0.4 is 0 Å². The fraction of sp³-hybridized carbons (Fsp3) is 0.282. The van der Waals surface area contributed by atoms with E-state index in [1.807, 2.05) is 32.9 Å². The van der Waals surface area contributed by atoms with Gasteiger partial charge in [0, 0.05) is 40.5 Å². The molecule has 3 aliphatic rings. The Morgan fingerprint density at radius 3 is 2.04 bits per heavy atom. The number of ether oxygens (including phenoxy) is 1. The van der Waals surface area contributed by atoms with E-state index in [1.165, 1.54) is 7.11 Å². The van der Waals surface area contributed by atoms with Gasteiger partial charge in [0.05, 0.1) is 46.4 Å². The highest BCUT2D eigenvalue weighted by Gasteiger charge is 2.49. The van der Waals surface area contributed by atoms with Gasteiger partial charge in [-0.1, -0.05) is 18.7 Å². The average molecular weight is 691 g/mol. The Labute approximate surface area is 292 Å². The van der Waals surface area contributed by atoms with Gasteiger partial charge in [-0.25, -0.2) is 14.6 Å². The highest BCUT2D eigenvalue weighted by atomic mass is 16.5. The summed E-state index contributed by atoms with van der Waals surface area (Å²) in [6.07, 6.45) is 3.91. The van der Waals surface area contributed by atoms with Crippen LogP contribution in [0.4, 0.5) is 0 Å². The molecule has 51 heavy (non-hydrogen) atoms.